The third-order valence-electron chi connectivity index (χ3n) is 6.51. The van der Waals surface area contributed by atoms with Crippen molar-refractivity contribution in [3.63, 3.8) is 0 Å². The molecule has 0 aromatic carbocycles. The van der Waals surface area contributed by atoms with E-state index in [0.29, 0.717) is 5.57 Å². The largest absolute Gasteiger partial charge is 0.481 e. The van der Waals surface area contributed by atoms with Crippen molar-refractivity contribution < 1.29 is 43.7 Å². The molecule has 1 saturated heterocycles. The van der Waals surface area contributed by atoms with Crippen LogP contribution in [0.2, 0.25) is 0 Å². The Morgan fingerprint density at radius 1 is 1.29 bits per heavy atom. The van der Waals surface area contributed by atoms with Gasteiger partial charge in [0.05, 0.1) is 13.5 Å². The fourth-order valence-corrected chi connectivity index (χ4v) is 6.14. The number of oxime groups is 1. The van der Waals surface area contributed by atoms with Gasteiger partial charge in [0, 0.05) is 35.9 Å². The first-order valence-electron chi connectivity index (χ1n) is 13.2. The molecule has 20 nitrogen and oxygen atoms in total. The molecule has 0 bridgehead atoms. The number of carbonyl (C=O) groups excluding carboxylic acids is 3. The van der Waals surface area contributed by atoms with E-state index in [0.717, 1.165) is 16.4 Å². The maximum Gasteiger partial charge on any atom is 0.352 e. The summed E-state index contributed by atoms with van der Waals surface area (Å²) in [6.45, 7) is 1.95. The lowest BCUT2D eigenvalue weighted by atomic mass is 10.0. The number of anilines is 3. The van der Waals surface area contributed by atoms with Crippen LogP contribution in [-0.4, -0.2) is 101 Å². The summed E-state index contributed by atoms with van der Waals surface area (Å²) in [6, 6.07) is -1.65. The second-order valence-corrected chi connectivity index (χ2v) is 11.6. The number of urea groups is 1. The fraction of sp³-hybridized carbons (Fsp3) is 0.435. The lowest BCUT2D eigenvalue weighted by Crippen LogP contribution is -2.71. The van der Waals surface area contributed by atoms with Crippen LogP contribution in [0.1, 0.15) is 19.2 Å². The molecule has 4 rings (SSSR count). The highest BCUT2D eigenvalue weighted by atomic mass is 32.2. The van der Waals surface area contributed by atoms with Crippen LogP contribution in [0.15, 0.2) is 22.6 Å². The van der Waals surface area contributed by atoms with Gasteiger partial charge in [0.1, 0.15) is 23.2 Å². The quantitative estimate of drug-likeness (QED) is 0.0471. The summed E-state index contributed by atoms with van der Waals surface area (Å²) in [4.78, 5) is 72.0. The highest BCUT2D eigenvalue weighted by Crippen LogP contribution is 2.40. The van der Waals surface area contributed by atoms with Gasteiger partial charge in [0.25, 0.3) is 11.8 Å². The molecular weight excluding hydrogens is 636 g/mol. The molecule has 4 heterocycles. The second-order valence-electron chi connectivity index (χ2n) is 9.75. The molecule has 0 saturated carbocycles. The number of aromatic nitrogens is 4. The number of nitrogens with one attached hydrogen (secondary N) is 3. The first-order chi connectivity index (χ1) is 21.3. The highest BCUT2D eigenvalue weighted by Gasteiger charge is 2.55. The Kier molecular flexibility index (Phi) is 10.1. The SMILES string of the molecule is CC(CC(=O)O)O/N=C(\C(=O)N[C@@H]1C(=O)N2C(C(=O)O)=C(C[n+]3cc(NC(=O)NCCN)c(N)n3C)CS[C@H]12)c1nsc(N)n1. The van der Waals surface area contributed by atoms with Gasteiger partial charge in [0.2, 0.25) is 17.7 Å². The smallest absolute Gasteiger partial charge is 0.352 e. The van der Waals surface area contributed by atoms with Crippen molar-refractivity contribution in [1.29, 1.82) is 0 Å². The molecule has 3 atom stereocenters. The van der Waals surface area contributed by atoms with Crippen molar-refractivity contribution in [3.8, 4) is 0 Å². The Morgan fingerprint density at radius 3 is 2.64 bits per heavy atom. The molecule has 2 aliphatic rings. The lowest BCUT2D eigenvalue weighted by Gasteiger charge is -2.49. The molecule has 2 aliphatic heterocycles. The van der Waals surface area contributed by atoms with E-state index >= 15 is 0 Å². The highest BCUT2D eigenvalue weighted by molar-refractivity contribution is 8.00. The summed E-state index contributed by atoms with van der Waals surface area (Å²) >= 11 is 2.01. The van der Waals surface area contributed by atoms with E-state index in [9.17, 15) is 29.1 Å². The normalized spacial score (nSPS) is 18.5. The van der Waals surface area contributed by atoms with Crippen LogP contribution >= 0.6 is 23.3 Å². The molecular formula is C23H31N12O8S2+. The molecule has 0 spiro atoms. The summed E-state index contributed by atoms with van der Waals surface area (Å²) in [5.74, 6) is -3.90. The number of amides is 4. The van der Waals surface area contributed by atoms with Crippen LogP contribution in [0.5, 0.6) is 0 Å². The zero-order valence-corrected chi connectivity index (χ0v) is 25.6. The van der Waals surface area contributed by atoms with Crippen molar-refractivity contribution in [2.75, 3.05) is 35.6 Å². The van der Waals surface area contributed by atoms with E-state index in [1.807, 2.05) is 0 Å². The van der Waals surface area contributed by atoms with Crippen LogP contribution in [-0.2, 0) is 37.6 Å². The standard InChI is InChI=1S/C23H30N12O8S2/c1-9(5-12(36)37)43-31-13(17-30-22(26)45-32-17)18(38)29-14-19(39)35-15(21(40)41)10(8-44-20(14)35)6-34-7-11(16(25)33(34)2)28-23(42)27-4-3-24/h7,9,14,20,25H,3-6,8,24H2,1-2H3,(H7,26,27,28,29,30,32,36,37,38,40,41,42)/p+1/b31-13-/t9?,14-,20-/m1/s1. The molecule has 0 aliphatic carbocycles. The van der Waals surface area contributed by atoms with Gasteiger partial charge in [0.15, 0.2) is 23.2 Å². The maximum absolute atomic E-state index is 13.2. The van der Waals surface area contributed by atoms with E-state index in [1.165, 1.54) is 29.6 Å². The fourth-order valence-electron chi connectivity index (χ4n) is 4.37. The van der Waals surface area contributed by atoms with Crippen molar-refractivity contribution in [2.45, 2.75) is 37.4 Å². The number of hydrogen-bond acceptors (Lipinski definition) is 14. The number of rotatable bonds is 13. The van der Waals surface area contributed by atoms with Gasteiger partial charge in [-0.25, -0.2) is 9.59 Å². The van der Waals surface area contributed by atoms with Gasteiger partial charge >= 0.3 is 18.0 Å². The molecule has 1 unspecified atom stereocenters. The zero-order valence-electron chi connectivity index (χ0n) is 23.9. The number of carbonyl (C=O) groups is 5. The van der Waals surface area contributed by atoms with Crippen LogP contribution in [0.25, 0.3) is 0 Å². The Bertz CT molecular complexity index is 1590. The summed E-state index contributed by atoms with van der Waals surface area (Å²) in [5.41, 5.74) is 17.1. The number of nitrogens with zero attached hydrogens (tertiary/aromatic N) is 6. The molecule has 11 N–H and O–H groups in total. The summed E-state index contributed by atoms with van der Waals surface area (Å²) < 4.78 is 7.04. The minimum Gasteiger partial charge on any atom is -0.481 e. The first kappa shape index (κ1) is 32.9. The zero-order chi connectivity index (χ0) is 33.0. The molecule has 242 valence electrons. The number of aliphatic carboxylic acids is 2. The molecule has 0 radical (unpaired) electrons. The van der Waals surface area contributed by atoms with E-state index in [-0.39, 0.29) is 53.5 Å². The maximum atomic E-state index is 13.2. The Morgan fingerprint density at radius 2 is 2.02 bits per heavy atom. The van der Waals surface area contributed by atoms with Crippen molar-refractivity contribution in [1.82, 2.24) is 29.6 Å². The lowest BCUT2D eigenvalue weighted by molar-refractivity contribution is -0.765. The summed E-state index contributed by atoms with van der Waals surface area (Å²) in [5, 5.41) is 29.7. The average molecular weight is 668 g/mol. The molecule has 4 amide bonds. The number of carboxylic acid groups (broad SMARTS) is 2. The Balaban J connectivity index is 1.51. The molecule has 2 aromatic heterocycles. The topological polar surface area (TPSA) is 299 Å². The van der Waals surface area contributed by atoms with E-state index < -0.39 is 59.4 Å². The molecule has 45 heavy (non-hydrogen) atoms. The van der Waals surface area contributed by atoms with Crippen molar-refractivity contribution >= 4 is 75.4 Å². The Hall–Kier alpha value is -4.96. The second kappa shape index (κ2) is 13.8. The third kappa shape index (κ3) is 7.24. The minimum atomic E-state index is -1.35. The number of nitrogen functional groups attached to an aromatic ring is 2. The van der Waals surface area contributed by atoms with Crippen molar-refractivity contribution in [3.05, 3.63) is 23.3 Å². The first-order valence-corrected chi connectivity index (χ1v) is 15.0. The predicted molar refractivity (Wildman–Crippen MR) is 159 cm³/mol. The van der Waals surface area contributed by atoms with Gasteiger partial charge in [-0.3, -0.25) is 24.6 Å². The monoisotopic (exact) mass is 667 g/mol. The number of β-lactam (4-membered cyclic amide) rings is 1. The number of hydrogen-bond donors (Lipinski definition) is 8. The number of nitrogens with two attached hydrogens (primary N) is 3. The number of fused-ring (bicyclic) bond motifs is 1. The Labute approximate surface area is 262 Å². The van der Waals surface area contributed by atoms with Crippen molar-refractivity contribution in [2.24, 2.45) is 17.9 Å². The average Bonchev–Trinajstić information content (AvgIpc) is 3.52. The van der Waals surface area contributed by atoms with Crippen LogP contribution in [0, 0.1) is 0 Å². The summed E-state index contributed by atoms with van der Waals surface area (Å²) in [6.07, 6.45) is 0.221. The molecule has 1 fully saturated rings. The van der Waals surface area contributed by atoms with Gasteiger partial charge in [-0.2, -0.15) is 9.36 Å². The summed E-state index contributed by atoms with van der Waals surface area (Å²) in [7, 11) is 1.62. The van der Waals surface area contributed by atoms with Crippen LogP contribution < -0.4 is 37.8 Å². The minimum absolute atomic E-state index is 0.0224. The van der Waals surface area contributed by atoms with Gasteiger partial charge < -0.3 is 42.9 Å². The predicted octanol–water partition coefficient (Wildman–Crippen LogP) is -2.57. The van der Waals surface area contributed by atoms with E-state index in [2.05, 4.69) is 30.5 Å². The third-order valence-corrected chi connectivity index (χ3v) is 8.39. The van der Waals surface area contributed by atoms with Crippen LogP contribution in [0.4, 0.5) is 21.4 Å². The van der Waals surface area contributed by atoms with Crippen LogP contribution in [0.3, 0.4) is 0 Å². The van der Waals surface area contributed by atoms with Gasteiger partial charge in [-0.05, 0) is 6.92 Å². The molecule has 2 aromatic rings. The van der Waals surface area contributed by atoms with Gasteiger partial charge in [-0.15, -0.1) is 21.1 Å². The number of thioether (sulfide) groups is 1. The van der Waals surface area contributed by atoms with Gasteiger partial charge in [-0.1, -0.05) is 5.16 Å². The van der Waals surface area contributed by atoms with E-state index in [1.54, 1.807) is 11.7 Å². The number of carboxylic acids is 2. The van der Waals surface area contributed by atoms with E-state index in [4.69, 9.17) is 27.1 Å². The molecule has 22 heteroatoms.